The fraction of sp³-hybridized carbons (Fsp3) is 0.167. The van der Waals surface area contributed by atoms with E-state index in [-0.39, 0.29) is 17.1 Å². The number of aromatic carboxylic acids is 1. The SMILES string of the molecule is O=C(O)c1ccc2c(=O)n(C3CCc4ccccc43)c(=O)[nH]c2c1. The van der Waals surface area contributed by atoms with Crippen molar-refractivity contribution in [1.29, 1.82) is 0 Å². The van der Waals surface area contributed by atoms with E-state index in [9.17, 15) is 14.4 Å². The molecule has 1 unspecified atom stereocenters. The van der Waals surface area contributed by atoms with Crippen LogP contribution in [0, 0.1) is 0 Å². The Kier molecular flexibility index (Phi) is 3.13. The zero-order valence-electron chi connectivity index (χ0n) is 12.7. The molecule has 4 rings (SSSR count). The Bertz CT molecular complexity index is 1090. The molecule has 120 valence electrons. The van der Waals surface area contributed by atoms with E-state index < -0.39 is 17.2 Å². The summed E-state index contributed by atoms with van der Waals surface area (Å²) >= 11 is 0. The molecule has 0 saturated heterocycles. The van der Waals surface area contributed by atoms with Crippen LogP contribution < -0.4 is 11.2 Å². The summed E-state index contributed by atoms with van der Waals surface area (Å²) in [7, 11) is 0. The third-order valence-corrected chi connectivity index (χ3v) is 4.59. The molecule has 0 bridgehead atoms. The quantitative estimate of drug-likeness (QED) is 0.754. The number of benzene rings is 2. The number of nitrogens with zero attached hydrogens (tertiary/aromatic N) is 1. The van der Waals surface area contributed by atoms with Gasteiger partial charge >= 0.3 is 11.7 Å². The Labute approximate surface area is 136 Å². The molecule has 2 aromatic carbocycles. The van der Waals surface area contributed by atoms with Crippen LogP contribution in [-0.4, -0.2) is 20.6 Å². The lowest BCUT2D eigenvalue weighted by atomic mass is 10.1. The van der Waals surface area contributed by atoms with E-state index in [0.29, 0.717) is 11.8 Å². The second-order valence-corrected chi connectivity index (χ2v) is 5.92. The molecule has 0 aliphatic heterocycles. The van der Waals surface area contributed by atoms with Crippen LogP contribution in [0.4, 0.5) is 0 Å². The lowest BCUT2D eigenvalue weighted by Crippen LogP contribution is -2.37. The number of aromatic amines is 1. The number of hydrogen-bond acceptors (Lipinski definition) is 3. The Morgan fingerprint density at radius 2 is 1.96 bits per heavy atom. The van der Waals surface area contributed by atoms with Crippen molar-refractivity contribution in [2.75, 3.05) is 0 Å². The molecule has 1 aliphatic carbocycles. The first kappa shape index (κ1) is 14.4. The maximum absolute atomic E-state index is 12.8. The van der Waals surface area contributed by atoms with Crippen LogP contribution >= 0.6 is 0 Å². The van der Waals surface area contributed by atoms with Gasteiger partial charge in [0.1, 0.15) is 0 Å². The molecule has 0 fully saturated rings. The number of nitrogens with one attached hydrogen (secondary N) is 1. The van der Waals surface area contributed by atoms with Crippen molar-refractivity contribution in [2.45, 2.75) is 18.9 Å². The molecule has 1 atom stereocenters. The van der Waals surface area contributed by atoms with E-state index in [1.165, 1.54) is 22.8 Å². The number of aromatic nitrogens is 2. The van der Waals surface area contributed by atoms with Crippen molar-refractivity contribution in [3.8, 4) is 0 Å². The van der Waals surface area contributed by atoms with Crippen molar-refractivity contribution in [2.24, 2.45) is 0 Å². The van der Waals surface area contributed by atoms with Crippen molar-refractivity contribution in [3.05, 3.63) is 80.0 Å². The highest BCUT2D eigenvalue weighted by molar-refractivity contribution is 5.92. The highest BCUT2D eigenvalue weighted by Gasteiger charge is 2.26. The monoisotopic (exact) mass is 322 g/mol. The summed E-state index contributed by atoms with van der Waals surface area (Å²) < 4.78 is 1.24. The second-order valence-electron chi connectivity index (χ2n) is 5.92. The molecule has 1 aromatic heterocycles. The van der Waals surface area contributed by atoms with Gasteiger partial charge in [-0.05, 0) is 42.2 Å². The number of carboxylic acids is 1. The molecular weight excluding hydrogens is 308 g/mol. The zero-order chi connectivity index (χ0) is 16.8. The molecule has 6 nitrogen and oxygen atoms in total. The van der Waals surface area contributed by atoms with Crippen LogP contribution in [0.25, 0.3) is 10.9 Å². The number of H-pyrrole nitrogens is 1. The van der Waals surface area contributed by atoms with Crippen LogP contribution in [0.15, 0.2) is 52.1 Å². The Balaban J connectivity index is 1.95. The van der Waals surface area contributed by atoms with Gasteiger partial charge in [0.2, 0.25) is 0 Å². The van der Waals surface area contributed by atoms with E-state index in [1.807, 2.05) is 24.3 Å². The minimum atomic E-state index is -1.10. The highest BCUT2D eigenvalue weighted by atomic mass is 16.4. The van der Waals surface area contributed by atoms with E-state index in [4.69, 9.17) is 5.11 Å². The summed E-state index contributed by atoms with van der Waals surface area (Å²) in [5, 5.41) is 9.35. The van der Waals surface area contributed by atoms with Crippen molar-refractivity contribution in [1.82, 2.24) is 9.55 Å². The molecule has 2 N–H and O–H groups in total. The number of carbonyl (C=O) groups is 1. The number of carboxylic acid groups (broad SMARTS) is 1. The zero-order valence-corrected chi connectivity index (χ0v) is 12.7. The van der Waals surface area contributed by atoms with Gasteiger partial charge in [-0.2, -0.15) is 0 Å². The van der Waals surface area contributed by atoms with Crippen molar-refractivity contribution in [3.63, 3.8) is 0 Å². The number of hydrogen-bond donors (Lipinski definition) is 2. The molecular formula is C18H14N2O4. The average molecular weight is 322 g/mol. The van der Waals surface area contributed by atoms with E-state index in [0.717, 1.165) is 17.5 Å². The molecule has 0 spiro atoms. The van der Waals surface area contributed by atoms with Gasteiger partial charge < -0.3 is 10.1 Å². The maximum Gasteiger partial charge on any atom is 0.335 e. The Hall–Kier alpha value is -3.15. The molecule has 1 heterocycles. The second kappa shape index (κ2) is 5.19. The molecule has 6 heteroatoms. The summed E-state index contributed by atoms with van der Waals surface area (Å²) in [5.74, 6) is -1.10. The lowest BCUT2D eigenvalue weighted by Gasteiger charge is -2.15. The Morgan fingerprint density at radius 3 is 2.75 bits per heavy atom. The van der Waals surface area contributed by atoms with Gasteiger partial charge in [-0.15, -0.1) is 0 Å². The van der Waals surface area contributed by atoms with Gasteiger partial charge in [-0.1, -0.05) is 24.3 Å². The van der Waals surface area contributed by atoms with Crippen molar-refractivity contribution >= 4 is 16.9 Å². The van der Waals surface area contributed by atoms with Crippen LogP contribution in [0.3, 0.4) is 0 Å². The molecule has 24 heavy (non-hydrogen) atoms. The molecule has 3 aromatic rings. The van der Waals surface area contributed by atoms with Gasteiger partial charge in [0.15, 0.2) is 0 Å². The lowest BCUT2D eigenvalue weighted by molar-refractivity contribution is 0.0697. The molecule has 0 radical (unpaired) electrons. The first-order valence-corrected chi connectivity index (χ1v) is 7.66. The minimum Gasteiger partial charge on any atom is -0.478 e. The number of aryl methyl sites for hydroxylation is 1. The Morgan fingerprint density at radius 1 is 1.17 bits per heavy atom. The van der Waals surface area contributed by atoms with Gasteiger partial charge in [0.25, 0.3) is 5.56 Å². The highest BCUT2D eigenvalue weighted by Crippen LogP contribution is 2.32. The smallest absolute Gasteiger partial charge is 0.335 e. The van der Waals surface area contributed by atoms with Crippen LogP contribution in [0.2, 0.25) is 0 Å². The summed E-state index contributed by atoms with van der Waals surface area (Å²) in [6.45, 7) is 0. The topological polar surface area (TPSA) is 92.2 Å². The molecule has 0 amide bonds. The fourth-order valence-corrected chi connectivity index (χ4v) is 3.45. The number of fused-ring (bicyclic) bond motifs is 2. The van der Waals surface area contributed by atoms with Crippen LogP contribution in [0.5, 0.6) is 0 Å². The summed E-state index contributed by atoms with van der Waals surface area (Å²) in [6.07, 6.45) is 1.52. The van der Waals surface area contributed by atoms with Crippen LogP contribution in [-0.2, 0) is 6.42 Å². The fourth-order valence-electron chi connectivity index (χ4n) is 3.45. The van der Waals surface area contributed by atoms with Gasteiger partial charge in [0.05, 0.1) is 22.5 Å². The summed E-state index contributed by atoms with van der Waals surface area (Å²) in [6, 6.07) is 11.6. The summed E-state index contributed by atoms with van der Waals surface area (Å²) in [4.78, 5) is 39.0. The summed E-state index contributed by atoms with van der Waals surface area (Å²) in [5.41, 5.74) is 1.50. The van der Waals surface area contributed by atoms with E-state index >= 15 is 0 Å². The molecule has 1 aliphatic rings. The van der Waals surface area contributed by atoms with Gasteiger partial charge in [-0.25, -0.2) is 9.59 Å². The van der Waals surface area contributed by atoms with Crippen LogP contribution in [0.1, 0.15) is 33.9 Å². The standard InChI is InChI=1S/C18H14N2O4/c21-16-13-7-5-11(17(22)23)9-14(13)19-18(24)20(16)15-8-6-10-3-1-2-4-12(10)15/h1-5,7,9,15H,6,8H2,(H,19,24)(H,22,23). The normalized spacial score (nSPS) is 16.2. The first-order chi connectivity index (χ1) is 11.6. The third kappa shape index (κ3) is 2.07. The first-order valence-electron chi connectivity index (χ1n) is 7.66. The minimum absolute atomic E-state index is 0.0292. The third-order valence-electron chi connectivity index (χ3n) is 4.59. The predicted molar refractivity (Wildman–Crippen MR) is 88.7 cm³/mol. The largest absolute Gasteiger partial charge is 0.478 e. The predicted octanol–water partition coefficient (Wildman–Crippen LogP) is 1.92. The van der Waals surface area contributed by atoms with Gasteiger partial charge in [0, 0.05) is 0 Å². The van der Waals surface area contributed by atoms with E-state index in [1.54, 1.807) is 0 Å². The van der Waals surface area contributed by atoms with Crippen molar-refractivity contribution < 1.29 is 9.90 Å². The average Bonchev–Trinajstić information content (AvgIpc) is 2.98. The van der Waals surface area contributed by atoms with E-state index in [2.05, 4.69) is 4.98 Å². The molecule has 0 saturated carbocycles. The van der Waals surface area contributed by atoms with Gasteiger partial charge in [-0.3, -0.25) is 9.36 Å². The maximum atomic E-state index is 12.8. The number of rotatable bonds is 2.